The molecule has 0 aliphatic carbocycles. The number of carbonyl (C=O) groups is 2. The zero-order valence-electron chi connectivity index (χ0n) is 14.3. The van der Waals surface area contributed by atoms with Crippen molar-refractivity contribution in [1.82, 2.24) is 15.5 Å². The van der Waals surface area contributed by atoms with E-state index in [9.17, 15) is 9.59 Å². The van der Waals surface area contributed by atoms with Crippen molar-refractivity contribution in [2.75, 3.05) is 5.32 Å². The van der Waals surface area contributed by atoms with Gasteiger partial charge < -0.3 is 10.6 Å². The summed E-state index contributed by atoms with van der Waals surface area (Å²) in [5, 5.41) is 12.5. The van der Waals surface area contributed by atoms with Gasteiger partial charge in [-0.15, -0.1) is 0 Å². The number of nitrogens with zero attached hydrogens (tertiary/aromatic N) is 1. The summed E-state index contributed by atoms with van der Waals surface area (Å²) < 4.78 is 0.362. The van der Waals surface area contributed by atoms with Crippen LogP contribution in [-0.2, 0) is 0 Å². The molecule has 0 unspecified atom stereocenters. The summed E-state index contributed by atoms with van der Waals surface area (Å²) in [6.07, 6.45) is 0. The third-order valence-electron chi connectivity index (χ3n) is 3.93. The Labute approximate surface area is 169 Å². The SMILES string of the molecule is C[C@H](NC(=O)c1n[nH]c(NC(=O)c2ccccc2Cl)c1Br)c1ccccc1. The fourth-order valence-corrected chi connectivity index (χ4v) is 3.16. The van der Waals surface area contributed by atoms with Gasteiger partial charge in [-0.25, -0.2) is 0 Å². The van der Waals surface area contributed by atoms with E-state index in [0.29, 0.717) is 15.1 Å². The first kappa shape index (κ1) is 19.1. The lowest BCUT2D eigenvalue weighted by molar-refractivity contribution is 0.0933. The summed E-state index contributed by atoms with van der Waals surface area (Å²) in [7, 11) is 0. The van der Waals surface area contributed by atoms with Gasteiger partial charge in [0.25, 0.3) is 11.8 Å². The lowest BCUT2D eigenvalue weighted by Crippen LogP contribution is -2.27. The van der Waals surface area contributed by atoms with Crippen LogP contribution in [0.1, 0.15) is 39.4 Å². The topological polar surface area (TPSA) is 86.9 Å². The molecule has 3 N–H and O–H groups in total. The Morgan fingerprint density at radius 2 is 1.74 bits per heavy atom. The minimum Gasteiger partial charge on any atom is -0.344 e. The third-order valence-corrected chi connectivity index (χ3v) is 5.03. The summed E-state index contributed by atoms with van der Waals surface area (Å²) >= 11 is 9.35. The van der Waals surface area contributed by atoms with Crippen molar-refractivity contribution >= 4 is 45.2 Å². The molecule has 6 nitrogen and oxygen atoms in total. The van der Waals surface area contributed by atoms with Gasteiger partial charge in [0.05, 0.1) is 21.1 Å². The maximum Gasteiger partial charge on any atom is 0.273 e. The Morgan fingerprint density at radius 1 is 1.07 bits per heavy atom. The number of nitrogens with one attached hydrogen (secondary N) is 3. The van der Waals surface area contributed by atoms with E-state index in [4.69, 9.17) is 11.6 Å². The summed E-state index contributed by atoms with van der Waals surface area (Å²) in [6.45, 7) is 1.88. The maximum atomic E-state index is 12.5. The molecule has 0 fully saturated rings. The number of halogens is 2. The predicted octanol–water partition coefficient (Wildman–Crippen LogP) is 4.57. The zero-order chi connectivity index (χ0) is 19.4. The normalized spacial score (nSPS) is 11.7. The number of carbonyl (C=O) groups excluding carboxylic acids is 2. The van der Waals surface area contributed by atoms with E-state index in [2.05, 4.69) is 36.8 Å². The van der Waals surface area contributed by atoms with Gasteiger partial charge >= 0.3 is 0 Å². The van der Waals surface area contributed by atoms with Crippen LogP contribution in [0.4, 0.5) is 5.82 Å². The van der Waals surface area contributed by atoms with Crippen LogP contribution in [0.2, 0.25) is 5.02 Å². The van der Waals surface area contributed by atoms with Crippen LogP contribution in [0, 0.1) is 0 Å². The number of benzene rings is 2. The first-order chi connectivity index (χ1) is 13.0. The number of aromatic nitrogens is 2. The molecule has 0 aliphatic rings. The summed E-state index contributed by atoms with van der Waals surface area (Å²) in [6, 6.07) is 16.1. The number of hydrogen-bond acceptors (Lipinski definition) is 3. The van der Waals surface area contributed by atoms with Crippen molar-refractivity contribution in [3.8, 4) is 0 Å². The van der Waals surface area contributed by atoms with Crippen molar-refractivity contribution in [3.05, 3.63) is 80.9 Å². The molecule has 3 aromatic rings. The Balaban J connectivity index is 1.72. The molecular formula is C19H16BrClN4O2. The average Bonchev–Trinajstić information content (AvgIpc) is 3.03. The molecule has 138 valence electrons. The van der Waals surface area contributed by atoms with Gasteiger partial charge in [0.1, 0.15) is 5.82 Å². The van der Waals surface area contributed by atoms with Gasteiger partial charge in [-0.05, 0) is 40.5 Å². The summed E-state index contributed by atoms with van der Waals surface area (Å²) in [5.41, 5.74) is 1.45. The van der Waals surface area contributed by atoms with Crippen molar-refractivity contribution in [1.29, 1.82) is 0 Å². The number of anilines is 1. The summed E-state index contributed by atoms with van der Waals surface area (Å²) in [4.78, 5) is 24.9. The summed E-state index contributed by atoms with van der Waals surface area (Å²) in [5.74, 6) is -0.500. The fourth-order valence-electron chi connectivity index (χ4n) is 2.48. The minimum absolute atomic E-state index is 0.146. The van der Waals surface area contributed by atoms with Crippen LogP contribution in [0.5, 0.6) is 0 Å². The first-order valence-electron chi connectivity index (χ1n) is 8.13. The molecule has 2 aromatic carbocycles. The molecule has 3 rings (SSSR count). The van der Waals surface area contributed by atoms with Crippen molar-refractivity contribution in [2.24, 2.45) is 0 Å². The van der Waals surface area contributed by atoms with Gasteiger partial charge in [0.15, 0.2) is 5.69 Å². The van der Waals surface area contributed by atoms with E-state index < -0.39 is 5.91 Å². The molecular weight excluding hydrogens is 432 g/mol. The standard InChI is InChI=1S/C19H16BrClN4O2/c1-11(12-7-3-2-4-8-12)22-19(27)16-15(20)17(25-24-16)23-18(26)13-9-5-6-10-14(13)21/h2-11H,1H3,(H,22,27)(H2,23,24,25,26)/t11-/m0/s1. The van der Waals surface area contributed by atoms with Crippen molar-refractivity contribution in [3.63, 3.8) is 0 Å². The smallest absolute Gasteiger partial charge is 0.273 e. The molecule has 0 spiro atoms. The maximum absolute atomic E-state index is 12.5. The van der Waals surface area contributed by atoms with Crippen LogP contribution in [0.15, 0.2) is 59.1 Å². The van der Waals surface area contributed by atoms with E-state index in [0.717, 1.165) is 5.56 Å². The molecule has 27 heavy (non-hydrogen) atoms. The van der Waals surface area contributed by atoms with Gasteiger partial charge in [0, 0.05) is 0 Å². The molecule has 0 aliphatic heterocycles. The second-order valence-electron chi connectivity index (χ2n) is 5.80. The molecule has 1 heterocycles. The number of hydrogen-bond donors (Lipinski definition) is 3. The first-order valence-corrected chi connectivity index (χ1v) is 9.30. The Bertz CT molecular complexity index is 975. The van der Waals surface area contributed by atoms with E-state index in [1.54, 1.807) is 24.3 Å². The number of rotatable bonds is 5. The molecule has 1 aromatic heterocycles. The van der Waals surface area contributed by atoms with Crippen LogP contribution in [0.25, 0.3) is 0 Å². The third kappa shape index (κ3) is 4.37. The van der Waals surface area contributed by atoms with Crippen LogP contribution < -0.4 is 10.6 Å². The fraction of sp³-hybridized carbons (Fsp3) is 0.105. The monoisotopic (exact) mass is 446 g/mol. The largest absolute Gasteiger partial charge is 0.344 e. The van der Waals surface area contributed by atoms with Crippen LogP contribution >= 0.6 is 27.5 Å². The highest BCUT2D eigenvalue weighted by atomic mass is 79.9. The Hall–Kier alpha value is -2.64. The van der Waals surface area contributed by atoms with E-state index >= 15 is 0 Å². The lowest BCUT2D eigenvalue weighted by atomic mass is 10.1. The molecule has 0 saturated heterocycles. The zero-order valence-corrected chi connectivity index (χ0v) is 16.6. The number of H-pyrrole nitrogens is 1. The Morgan fingerprint density at radius 3 is 2.44 bits per heavy atom. The van der Waals surface area contributed by atoms with E-state index in [1.165, 1.54) is 0 Å². The van der Waals surface area contributed by atoms with Crippen LogP contribution in [-0.4, -0.2) is 22.0 Å². The lowest BCUT2D eigenvalue weighted by Gasteiger charge is -2.13. The van der Waals surface area contributed by atoms with Crippen molar-refractivity contribution in [2.45, 2.75) is 13.0 Å². The highest BCUT2D eigenvalue weighted by Gasteiger charge is 2.21. The molecule has 8 heteroatoms. The van der Waals surface area contributed by atoms with Gasteiger partial charge in [-0.1, -0.05) is 54.1 Å². The number of amides is 2. The molecule has 2 amide bonds. The van der Waals surface area contributed by atoms with Gasteiger partial charge in [-0.3, -0.25) is 14.7 Å². The molecule has 0 radical (unpaired) electrons. The van der Waals surface area contributed by atoms with Crippen molar-refractivity contribution < 1.29 is 9.59 Å². The minimum atomic E-state index is -0.408. The highest BCUT2D eigenvalue weighted by molar-refractivity contribution is 9.10. The molecule has 0 bridgehead atoms. The quantitative estimate of drug-likeness (QED) is 0.535. The highest BCUT2D eigenvalue weighted by Crippen LogP contribution is 2.26. The van der Waals surface area contributed by atoms with E-state index in [1.807, 2.05) is 37.3 Å². The Kier molecular flexibility index (Phi) is 5.93. The second-order valence-corrected chi connectivity index (χ2v) is 7.00. The second kappa shape index (κ2) is 8.37. The van der Waals surface area contributed by atoms with Crippen LogP contribution in [0.3, 0.4) is 0 Å². The molecule has 1 atom stereocenters. The van der Waals surface area contributed by atoms with E-state index in [-0.39, 0.29) is 23.5 Å². The number of aromatic amines is 1. The predicted molar refractivity (Wildman–Crippen MR) is 108 cm³/mol. The van der Waals surface area contributed by atoms with Gasteiger partial charge in [0.2, 0.25) is 0 Å². The molecule has 0 saturated carbocycles. The van der Waals surface area contributed by atoms with Gasteiger partial charge in [-0.2, -0.15) is 5.10 Å². The average molecular weight is 448 g/mol.